The molecule has 0 rings (SSSR count). The third-order valence-electron chi connectivity index (χ3n) is 8.29. The number of carbonyl (C=O) groups is 2. The summed E-state index contributed by atoms with van der Waals surface area (Å²) in [6.45, 7) is 3.83. The number of esters is 2. The zero-order valence-corrected chi connectivity index (χ0v) is 38.8. The van der Waals surface area contributed by atoms with E-state index in [2.05, 4.69) is 111 Å². The van der Waals surface area contributed by atoms with Gasteiger partial charge in [-0.1, -0.05) is 148 Å². The van der Waals surface area contributed by atoms with Gasteiger partial charge in [0.25, 0.3) is 0 Å². The van der Waals surface area contributed by atoms with Gasteiger partial charge in [0.1, 0.15) is 19.8 Å². The van der Waals surface area contributed by atoms with Crippen molar-refractivity contribution in [3.8, 4) is 0 Å². The number of phosphoric acid groups is 1. The predicted octanol–water partition coefficient (Wildman–Crippen LogP) is 11.7. The molecular weight excluding hydrogens is 790 g/mol. The average Bonchev–Trinajstić information content (AvgIpc) is 3.21. The van der Waals surface area contributed by atoms with Gasteiger partial charge in [-0.05, 0) is 83.5 Å². The number of phosphoric ester groups is 1. The Morgan fingerprint density at radius 1 is 0.590 bits per heavy atom. The highest BCUT2D eigenvalue weighted by molar-refractivity contribution is 7.47. The second kappa shape index (κ2) is 40.2. The van der Waals surface area contributed by atoms with E-state index in [0.717, 1.165) is 64.2 Å². The lowest BCUT2D eigenvalue weighted by Gasteiger charge is -2.24. The van der Waals surface area contributed by atoms with Crippen LogP contribution in [0.4, 0.5) is 0 Å². The summed E-state index contributed by atoms with van der Waals surface area (Å²) in [7, 11) is 1.29. The van der Waals surface area contributed by atoms with E-state index in [1.165, 1.54) is 0 Å². The molecule has 0 aliphatic rings. The van der Waals surface area contributed by atoms with Crippen molar-refractivity contribution in [2.24, 2.45) is 0 Å². The Morgan fingerprint density at radius 3 is 1.52 bits per heavy atom. The minimum atomic E-state index is -4.46. The number of ether oxygens (including phenoxy) is 2. The Labute approximate surface area is 369 Å². The van der Waals surface area contributed by atoms with Crippen LogP contribution in [0.2, 0.25) is 0 Å². The maximum atomic E-state index is 12.7. The van der Waals surface area contributed by atoms with Crippen LogP contribution < -0.4 is 0 Å². The first-order valence-corrected chi connectivity index (χ1v) is 23.5. The molecular formula is C50H79NO9P+. The monoisotopic (exact) mass is 869 g/mol. The van der Waals surface area contributed by atoms with E-state index in [0.29, 0.717) is 30.3 Å². The topological polar surface area (TPSA) is 129 Å². The molecule has 2 N–H and O–H groups in total. The molecule has 10 nitrogen and oxygen atoms in total. The molecule has 0 amide bonds. The van der Waals surface area contributed by atoms with E-state index < -0.39 is 38.6 Å². The first-order chi connectivity index (χ1) is 29.4. The molecule has 0 aliphatic carbocycles. The summed E-state index contributed by atoms with van der Waals surface area (Å²) in [4.78, 5) is 35.4. The van der Waals surface area contributed by atoms with E-state index >= 15 is 0 Å². The van der Waals surface area contributed by atoms with Gasteiger partial charge in [-0.15, -0.1) is 0 Å². The first kappa shape index (κ1) is 57.1. The summed E-state index contributed by atoms with van der Waals surface area (Å²) in [6, 6.07) is 0. The molecule has 342 valence electrons. The quantitative estimate of drug-likeness (QED) is 0.0206. The Kier molecular flexibility index (Phi) is 37.6. The van der Waals surface area contributed by atoms with Crippen LogP contribution in [0, 0.1) is 0 Å². The predicted molar refractivity (Wildman–Crippen MR) is 253 cm³/mol. The lowest BCUT2D eigenvalue weighted by molar-refractivity contribution is -0.870. The Bertz CT molecular complexity index is 1510. The molecule has 0 fully saturated rings. The number of carbonyl (C=O) groups excluding carboxylic acids is 2. The molecule has 2 unspecified atom stereocenters. The van der Waals surface area contributed by atoms with Crippen LogP contribution in [0.5, 0.6) is 0 Å². The number of quaternary nitrogens is 1. The van der Waals surface area contributed by atoms with Crippen molar-refractivity contribution in [3.05, 3.63) is 134 Å². The minimum Gasteiger partial charge on any atom is -0.462 e. The van der Waals surface area contributed by atoms with Crippen LogP contribution in [0.25, 0.3) is 0 Å². The van der Waals surface area contributed by atoms with Gasteiger partial charge in [-0.2, -0.15) is 0 Å². The van der Waals surface area contributed by atoms with Gasteiger partial charge in [0.05, 0.1) is 33.9 Å². The number of hydrogen-bond acceptors (Lipinski definition) is 8. The highest BCUT2D eigenvalue weighted by Gasteiger charge is 2.27. The number of nitrogens with zero attached hydrogens (tertiary/aromatic N) is 1. The molecule has 3 atom stereocenters. The fourth-order valence-electron chi connectivity index (χ4n) is 4.89. The summed E-state index contributed by atoms with van der Waals surface area (Å²) in [6.07, 6.45) is 54.1. The summed E-state index contributed by atoms with van der Waals surface area (Å²) >= 11 is 0. The second-order valence-corrected chi connectivity index (χ2v) is 16.6. The third kappa shape index (κ3) is 44.0. The first-order valence-electron chi connectivity index (χ1n) is 22.0. The molecule has 0 heterocycles. The standard InChI is InChI=1S/C50H78NO9P/c1-6-8-10-12-14-16-18-20-21-22-23-24-25-27-29-31-33-35-37-41-49(53)57-45-48(46-59-61(55,56)58-44-43-51(3,4)5)60-50(54)42-38-40-47(52)39-36-34-32-30-28-26-19-17-15-13-11-9-7-2/h8-11,14-17,20-21,23-24,26-29,32-36,39,47-48,52H,6-7,12-13,18-19,22,25,30-31,37-38,40-46H2,1-5H3/p+1/b10-8-,11-9-,16-14-,17-15-,21-20-,24-23-,28-26-,29-27-,34-32-,35-33-,39-36+/t47?,48-/m1/s1. The minimum absolute atomic E-state index is 0.0151. The van der Waals surface area contributed by atoms with Crippen molar-refractivity contribution in [3.63, 3.8) is 0 Å². The summed E-state index contributed by atoms with van der Waals surface area (Å²) < 4.78 is 34.0. The summed E-state index contributed by atoms with van der Waals surface area (Å²) in [5.41, 5.74) is 0. The van der Waals surface area contributed by atoms with Crippen molar-refractivity contribution < 1.29 is 47.2 Å². The summed E-state index contributed by atoms with van der Waals surface area (Å²) in [5, 5.41) is 10.3. The number of aliphatic hydroxyl groups is 1. The molecule has 0 aromatic rings. The fraction of sp³-hybridized carbons (Fsp3) is 0.520. The highest BCUT2D eigenvalue weighted by Crippen LogP contribution is 2.43. The highest BCUT2D eigenvalue weighted by atomic mass is 31.2. The Morgan fingerprint density at radius 2 is 1.05 bits per heavy atom. The molecule has 11 heteroatoms. The molecule has 0 saturated carbocycles. The van der Waals surface area contributed by atoms with Gasteiger partial charge < -0.3 is 24.0 Å². The maximum Gasteiger partial charge on any atom is 0.472 e. The van der Waals surface area contributed by atoms with Crippen LogP contribution in [0.15, 0.2) is 134 Å². The van der Waals surface area contributed by atoms with Gasteiger partial charge in [0.2, 0.25) is 0 Å². The third-order valence-corrected chi connectivity index (χ3v) is 9.28. The molecule has 0 spiro atoms. The van der Waals surface area contributed by atoms with Crippen LogP contribution in [0.3, 0.4) is 0 Å². The average molecular weight is 869 g/mol. The normalized spacial score (nSPS) is 15.3. The molecule has 0 aromatic carbocycles. The number of hydrogen-bond donors (Lipinski definition) is 2. The molecule has 61 heavy (non-hydrogen) atoms. The zero-order valence-electron chi connectivity index (χ0n) is 37.9. The van der Waals surface area contributed by atoms with Crippen molar-refractivity contribution in [1.29, 1.82) is 0 Å². The van der Waals surface area contributed by atoms with Crippen LogP contribution in [0.1, 0.15) is 110 Å². The van der Waals surface area contributed by atoms with Crippen molar-refractivity contribution in [1.82, 2.24) is 0 Å². The van der Waals surface area contributed by atoms with Crippen molar-refractivity contribution >= 4 is 19.8 Å². The van der Waals surface area contributed by atoms with Crippen LogP contribution in [-0.2, 0) is 32.7 Å². The zero-order chi connectivity index (χ0) is 45.1. The lowest BCUT2D eigenvalue weighted by Crippen LogP contribution is -2.37. The largest absolute Gasteiger partial charge is 0.472 e. The maximum absolute atomic E-state index is 12.7. The van der Waals surface area contributed by atoms with E-state index in [9.17, 15) is 24.2 Å². The number of likely N-dealkylation sites (N-methyl/N-ethyl adjacent to an activating group) is 1. The smallest absolute Gasteiger partial charge is 0.462 e. The molecule has 0 aromatic heterocycles. The van der Waals surface area contributed by atoms with Crippen molar-refractivity contribution in [2.75, 3.05) is 47.5 Å². The Balaban J connectivity index is 4.71. The number of aliphatic hydroxyl groups excluding tert-OH is 1. The molecule has 0 aliphatic heterocycles. The fourth-order valence-corrected chi connectivity index (χ4v) is 5.63. The van der Waals surface area contributed by atoms with Gasteiger partial charge >= 0.3 is 19.8 Å². The lowest BCUT2D eigenvalue weighted by atomic mass is 10.1. The SMILES string of the molecule is CC/C=C\C/C=C\C/C=C\C/C=C\C=C\C(O)CCCC(=O)O[C@H](COC(=O)CC/C=C\C/C=C\C/C=C\C/C=C\C/C=C\C/C=C\CC)COP(=O)(O)OCC[N+](C)(C)C. The molecule has 0 saturated heterocycles. The number of rotatable bonds is 37. The van der Waals surface area contributed by atoms with Crippen molar-refractivity contribution in [2.45, 2.75) is 122 Å². The van der Waals surface area contributed by atoms with Gasteiger partial charge in [0.15, 0.2) is 6.10 Å². The van der Waals surface area contributed by atoms with E-state index in [4.69, 9.17) is 18.5 Å². The van der Waals surface area contributed by atoms with Crippen LogP contribution in [-0.4, -0.2) is 86.1 Å². The van der Waals surface area contributed by atoms with E-state index in [-0.39, 0.29) is 26.1 Å². The van der Waals surface area contributed by atoms with Gasteiger partial charge in [-0.3, -0.25) is 18.6 Å². The van der Waals surface area contributed by atoms with E-state index in [1.54, 1.807) is 12.2 Å². The summed E-state index contributed by atoms with van der Waals surface area (Å²) in [5.74, 6) is -1.12. The molecule has 0 bridgehead atoms. The second-order valence-electron chi connectivity index (χ2n) is 15.2. The molecule has 0 radical (unpaired) electrons. The van der Waals surface area contributed by atoms with Crippen LogP contribution >= 0.6 is 7.82 Å². The van der Waals surface area contributed by atoms with E-state index in [1.807, 2.05) is 45.4 Å². The van der Waals surface area contributed by atoms with Gasteiger partial charge in [0, 0.05) is 12.8 Å². The van der Waals surface area contributed by atoms with Gasteiger partial charge in [-0.25, -0.2) is 4.57 Å². The number of allylic oxidation sites excluding steroid dienone is 21. The Hall–Kier alpha value is -3.89.